The van der Waals surface area contributed by atoms with Crippen LogP contribution in [0, 0.1) is 6.92 Å². The third kappa shape index (κ3) is 2.85. The summed E-state index contributed by atoms with van der Waals surface area (Å²) in [5.74, 6) is 0. The lowest BCUT2D eigenvalue weighted by atomic mass is 10.1. The Bertz CT molecular complexity index is 528. The van der Waals surface area contributed by atoms with E-state index in [0.717, 1.165) is 35.4 Å². The Morgan fingerprint density at radius 3 is 2.61 bits per heavy atom. The van der Waals surface area contributed by atoms with Crippen molar-refractivity contribution in [3.8, 4) is 10.6 Å². The van der Waals surface area contributed by atoms with Gasteiger partial charge in [-0.3, -0.25) is 0 Å². The summed E-state index contributed by atoms with van der Waals surface area (Å²) in [7, 11) is 0. The van der Waals surface area contributed by atoms with Gasteiger partial charge in [-0.25, -0.2) is 4.98 Å². The second kappa shape index (κ2) is 5.91. The first-order valence-corrected chi connectivity index (χ1v) is 7.05. The van der Waals surface area contributed by atoms with Crippen molar-refractivity contribution in [1.82, 2.24) is 4.98 Å². The first-order chi connectivity index (χ1) is 8.74. The molecule has 0 atom stereocenters. The van der Waals surface area contributed by atoms with Gasteiger partial charge in [0, 0.05) is 16.9 Å². The van der Waals surface area contributed by atoms with Crippen molar-refractivity contribution in [3.63, 3.8) is 0 Å². The molecule has 18 heavy (non-hydrogen) atoms. The Morgan fingerprint density at radius 1 is 1.28 bits per heavy atom. The molecule has 0 unspecified atom stereocenters. The smallest absolute Gasteiger partial charge is 0.123 e. The largest absolute Gasteiger partial charge is 0.303 e. The Hall–Kier alpha value is -1.48. The highest BCUT2D eigenvalue weighted by Crippen LogP contribution is 2.28. The van der Waals surface area contributed by atoms with E-state index in [2.05, 4.69) is 36.2 Å². The van der Waals surface area contributed by atoms with Crippen molar-refractivity contribution in [2.45, 2.75) is 33.1 Å². The molecule has 0 saturated heterocycles. The monoisotopic (exact) mass is 259 g/mol. The normalized spacial score (nSPS) is 10.6. The van der Waals surface area contributed by atoms with Gasteiger partial charge in [-0.1, -0.05) is 31.2 Å². The summed E-state index contributed by atoms with van der Waals surface area (Å²) >= 11 is 1.70. The molecule has 94 valence electrons. The number of thiazole rings is 1. The van der Waals surface area contributed by atoms with E-state index in [1.54, 1.807) is 11.3 Å². The van der Waals surface area contributed by atoms with Gasteiger partial charge >= 0.3 is 0 Å². The average molecular weight is 259 g/mol. The SMILES string of the molecule is CCc1ccc(-c2nc(C)c(CCC=O)s2)cc1. The molecule has 1 heterocycles. The van der Waals surface area contributed by atoms with Crippen molar-refractivity contribution in [2.75, 3.05) is 0 Å². The predicted octanol–water partition coefficient (Wildman–Crippen LogP) is 3.81. The minimum absolute atomic E-state index is 0.581. The second-order valence-corrected chi connectivity index (χ2v) is 5.37. The van der Waals surface area contributed by atoms with E-state index in [-0.39, 0.29) is 0 Å². The number of nitrogens with zero attached hydrogens (tertiary/aromatic N) is 1. The summed E-state index contributed by atoms with van der Waals surface area (Å²) in [4.78, 5) is 16.2. The number of aldehydes is 1. The molecule has 0 amide bonds. The first-order valence-electron chi connectivity index (χ1n) is 6.23. The van der Waals surface area contributed by atoms with Gasteiger partial charge in [0.25, 0.3) is 0 Å². The fraction of sp³-hybridized carbons (Fsp3) is 0.333. The molecule has 0 radical (unpaired) electrons. The third-order valence-corrected chi connectivity index (χ3v) is 4.26. The molecule has 0 fully saturated rings. The molecule has 1 aromatic heterocycles. The van der Waals surface area contributed by atoms with Gasteiger partial charge in [-0.2, -0.15) is 0 Å². The molecule has 0 saturated carbocycles. The number of hydrogen-bond donors (Lipinski definition) is 0. The van der Waals surface area contributed by atoms with Crippen LogP contribution in [-0.4, -0.2) is 11.3 Å². The number of carbonyl (C=O) groups excluding carboxylic acids is 1. The fourth-order valence-electron chi connectivity index (χ4n) is 1.86. The van der Waals surface area contributed by atoms with Gasteiger partial charge in [0.15, 0.2) is 0 Å². The molecule has 0 N–H and O–H groups in total. The lowest BCUT2D eigenvalue weighted by Crippen LogP contribution is -1.84. The molecule has 0 aliphatic heterocycles. The third-order valence-electron chi connectivity index (χ3n) is 2.99. The Kier molecular flexibility index (Phi) is 4.26. The zero-order chi connectivity index (χ0) is 13.0. The molecule has 2 nitrogen and oxygen atoms in total. The molecule has 3 heteroatoms. The number of rotatable bonds is 5. The van der Waals surface area contributed by atoms with Crippen LogP contribution in [0.3, 0.4) is 0 Å². The molecule has 0 bridgehead atoms. The maximum absolute atomic E-state index is 10.4. The minimum Gasteiger partial charge on any atom is -0.303 e. The van der Waals surface area contributed by atoms with Crippen LogP contribution in [0.4, 0.5) is 0 Å². The molecular weight excluding hydrogens is 242 g/mol. The van der Waals surface area contributed by atoms with E-state index >= 15 is 0 Å². The Morgan fingerprint density at radius 2 is 2.00 bits per heavy atom. The van der Waals surface area contributed by atoms with Crippen LogP contribution >= 0.6 is 11.3 Å². The zero-order valence-corrected chi connectivity index (χ0v) is 11.6. The van der Waals surface area contributed by atoms with Crippen molar-refractivity contribution < 1.29 is 4.79 Å². The van der Waals surface area contributed by atoms with Gasteiger partial charge in [0.1, 0.15) is 11.3 Å². The molecule has 0 aliphatic rings. The summed E-state index contributed by atoms with van der Waals surface area (Å²) in [6, 6.07) is 8.55. The van der Waals surface area contributed by atoms with E-state index < -0.39 is 0 Å². The number of aryl methyl sites for hydroxylation is 3. The number of aromatic nitrogens is 1. The average Bonchev–Trinajstić information content (AvgIpc) is 2.78. The highest BCUT2D eigenvalue weighted by molar-refractivity contribution is 7.15. The Labute approximate surface area is 112 Å². The van der Waals surface area contributed by atoms with Gasteiger partial charge in [0.2, 0.25) is 0 Å². The topological polar surface area (TPSA) is 30.0 Å². The summed E-state index contributed by atoms with van der Waals surface area (Å²) in [6.07, 6.45) is 3.41. The van der Waals surface area contributed by atoms with Crippen molar-refractivity contribution in [2.24, 2.45) is 0 Å². The van der Waals surface area contributed by atoms with Crippen LogP contribution in [0.2, 0.25) is 0 Å². The van der Waals surface area contributed by atoms with Gasteiger partial charge < -0.3 is 4.79 Å². The van der Waals surface area contributed by atoms with Gasteiger partial charge in [-0.15, -0.1) is 11.3 Å². The molecular formula is C15H17NOS. The highest BCUT2D eigenvalue weighted by atomic mass is 32.1. The fourth-order valence-corrected chi connectivity index (χ4v) is 2.94. The summed E-state index contributed by atoms with van der Waals surface area (Å²) < 4.78 is 0. The lowest BCUT2D eigenvalue weighted by Gasteiger charge is -1.98. The number of hydrogen-bond acceptors (Lipinski definition) is 3. The number of carbonyl (C=O) groups is 1. The summed E-state index contributed by atoms with van der Waals surface area (Å²) in [6.45, 7) is 4.17. The first kappa shape index (κ1) is 13.0. The standard InChI is InChI=1S/C15H17NOS/c1-3-12-6-8-13(9-7-12)15-16-11(2)14(18-15)5-4-10-17/h6-10H,3-5H2,1-2H3. The van der Waals surface area contributed by atoms with E-state index in [1.807, 2.05) is 6.92 Å². The van der Waals surface area contributed by atoms with E-state index in [4.69, 9.17) is 0 Å². The predicted molar refractivity (Wildman–Crippen MR) is 76.1 cm³/mol. The van der Waals surface area contributed by atoms with Crippen molar-refractivity contribution in [1.29, 1.82) is 0 Å². The molecule has 0 spiro atoms. The van der Waals surface area contributed by atoms with Gasteiger partial charge in [-0.05, 0) is 25.3 Å². The minimum atomic E-state index is 0.581. The zero-order valence-electron chi connectivity index (χ0n) is 10.8. The van der Waals surface area contributed by atoms with Gasteiger partial charge in [0.05, 0.1) is 5.69 Å². The van der Waals surface area contributed by atoms with E-state index in [0.29, 0.717) is 6.42 Å². The molecule has 1 aromatic carbocycles. The Balaban J connectivity index is 2.24. The number of benzene rings is 1. The molecule has 0 aliphatic carbocycles. The molecule has 2 aromatic rings. The van der Waals surface area contributed by atoms with Crippen LogP contribution in [-0.2, 0) is 17.6 Å². The quantitative estimate of drug-likeness (QED) is 0.764. The maximum atomic E-state index is 10.4. The second-order valence-electron chi connectivity index (χ2n) is 4.28. The lowest BCUT2D eigenvalue weighted by molar-refractivity contribution is -0.107. The maximum Gasteiger partial charge on any atom is 0.123 e. The molecule has 2 rings (SSSR count). The van der Waals surface area contributed by atoms with Crippen LogP contribution in [0.15, 0.2) is 24.3 Å². The van der Waals surface area contributed by atoms with Crippen LogP contribution in [0.25, 0.3) is 10.6 Å². The highest BCUT2D eigenvalue weighted by Gasteiger charge is 2.08. The van der Waals surface area contributed by atoms with Crippen LogP contribution in [0.5, 0.6) is 0 Å². The van der Waals surface area contributed by atoms with Crippen LogP contribution < -0.4 is 0 Å². The summed E-state index contributed by atoms with van der Waals surface area (Å²) in [5.41, 5.74) is 3.56. The van der Waals surface area contributed by atoms with Crippen molar-refractivity contribution >= 4 is 17.6 Å². The van der Waals surface area contributed by atoms with E-state index in [9.17, 15) is 4.79 Å². The van der Waals surface area contributed by atoms with E-state index in [1.165, 1.54) is 10.4 Å². The summed E-state index contributed by atoms with van der Waals surface area (Å²) in [5, 5.41) is 1.05. The van der Waals surface area contributed by atoms with Crippen molar-refractivity contribution in [3.05, 3.63) is 40.4 Å². The van der Waals surface area contributed by atoms with Crippen LogP contribution in [0.1, 0.15) is 29.5 Å².